The van der Waals surface area contributed by atoms with Crippen LogP contribution in [0.2, 0.25) is 0 Å². The van der Waals surface area contributed by atoms with Gasteiger partial charge in [0.25, 0.3) is 0 Å². The van der Waals surface area contributed by atoms with Gasteiger partial charge in [0.05, 0.1) is 24.2 Å². The molecule has 1 aliphatic carbocycles. The van der Waals surface area contributed by atoms with Gasteiger partial charge in [-0.2, -0.15) is 0 Å². The molecule has 1 aromatic heterocycles. The summed E-state index contributed by atoms with van der Waals surface area (Å²) in [7, 11) is 1.23. The van der Waals surface area contributed by atoms with E-state index in [9.17, 15) is 32.3 Å². The monoisotopic (exact) mass is 804 g/mol. The Morgan fingerprint density at radius 2 is 1.67 bits per heavy atom. The molecule has 4 fully saturated rings. The zero-order valence-corrected chi connectivity index (χ0v) is 32.4. The third-order valence-electron chi connectivity index (χ3n) is 11.8. The molecule has 4 aliphatic rings. The number of alkyl halides is 3. The second-order valence-electron chi connectivity index (χ2n) is 15.8. The predicted molar refractivity (Wildman–Crippen MR) is 209 cm³/mol. The van der Waals surface area contributed by atoms with Crippen LogP contribution >= 0.6 is 0 Å². The molecule has 5 amide bonds. The number of hydrogen-bond donors (Lipinski definition) is 3. The van der Waals surface area contributed by atoms with E-state index in [1.807, 2.05) is 24.0 Å². The fourth-order valence-corrected chi connectivity index (χ4v) is 8.63. The number of nitrogens with one attached hydrogen (secondary N) is 3. The maximum atomic E-state index is 13.8. The first kappa shape index (κ1) is 39.3. The molecule has 3 N–H and O–H groups in total. The van der Waals surface area contributed by atoms with Crippen molar-refractivity contribution in [3.05, 3.63) is 54.4 Å². The molecule has 4 aromatic rings. The second kappa shape index (κ2) is 16.0. The van der Waals surface area contributed by atoms with Gasteiger partial charge in [-0.1, -0.05) is 25.1 Å². The van der Waals surface area contributed by atoms with Crippen LogP contribution in [0.3, 0.4) is 0 Å². The van der Waals surface area contributed by atoms with Gasteiger partial charge in [-0.25, -0.2) is 14.6 Å². The van der Waals surface area contributed by atoms with E-state index in [-0.39, 0.29) is 47.5 Å². The number of piperidine rings is 1. The molecule has 3 aromatic carbocycles. The molecule has 8 rings (SSSR count). The van der Waals surface area contributed by atoms with E-state index < -0.39 is 24.2 Å². The highest BCUT2D eigenvalue weighted by molar-refractivity contribution is 6.05. The Kier molecular flexibility index (Phi) is 10.8. The molecule has 58 heavy (non-hydrogen) atoms. The van der Waals surface area contributed by atoms with E-state index in [2.05, 4.69) is 30.0 Å². The van der Waals surface area contributed by atoms with Crippen molar-refractivity contribution < 1.29 is 41.8 Å². The maximum Gasteiger partial charge on any atom is 0.573 e. The van der Waals surface area contributed by atoms with Crippen molar-refractivity contribution >= 4 is 51.4 Å². The van der Waals surface area contributed by atoms with Gasteiger partial charge in [-0.15, -0.1) is 13.2 Å². The summed E-state index contributed by atoms with van der Waals surface area (Å²) in [5.41, 5.74) is 2.21. The molecule has 0 radical (unpaired) electrons. The molecule has 4 heterocycles. The lowest BCUT2D eigenvalue weighted by atomic mass is 9.99. The Hall–Kier alpha value is -5.58. The minimum Gasteiger partial charge on any atom is -0.453 e. The number of nitrogens with zero attached hydrogens (tertiary/aromatic N) is 5. The topological polar surface area (TPSA) is 152 Å². The number of alkyl carbamates (subject to hydrolysis) is 1. The predicted octanol–water partition coefficient (Wildman–Crippen LogP) is 6.10. The zero-order chi connectivity index (χ0) is 40.7. The molecule has 3 aliphatic heterocycles. The lowest BCUT2D eigenvalue weighted by molar-refractivity contribution is -0.274. The number of aromatic nitrogens is 2. The van der Waals surface area contributed by atoms with Crippen LogP contribution in [0.1, 0.15) is 50.9 Å². The Morgan fingerprint density at radius 3 is 2.38 bits per heavy atom. The van der Waals surface area contributed by atoms with Crippen molar-refractivity contribution in [2.75, 3.05) is 64.8 Å². The number of hydrogen-bond acceptors (Lipinski definition) is 8. The summed E-state index contributed by atoms with van der Waals surface area (Å²) in [6.45, 7) is 6.16. The Balaban J connectivity index is 0.951. The molecule has 0 unspecified atom stereocenters. The number of urea groups is 1. The van der Waals surface area contributed by atoms with Crippen LogP contribution in [0.15, 0.2) is 48.5 Å². The van der Waals surface area contributed by atoms with E-state index in [0.717, 1.165) is 55.1 Å². The van der Waals surface area contributed by atoms with Crippen molar-refractivity contribution in [3.8, 4) is 16.9 Å². The van der Waals surface area contributed by atoms with Crippen molar-refractivity contribution in [3.63, 3.8) is 0 Å². The standard InChI is InChI=1S/C41H47F3N8O6/c1-24-19-33(52(23-24)35(53)22-45-40(56)57-2)37-47-32-10-6-27-20-26(5-8-31(27)36(32)48-37)30-9-7-28(21-34(30)58-41(42,43)44)46-39(55)51-17-15-49(16-18-51)29-11-13-50(14-12-29)38(54)25-3-4-25/h5-10,20-21,24-25,29,33H,3-4,11-19,22-23H2,1-2H3,(H,45,56)(H,46,55)(H,47,48)/t24-,33-/m0/s1. The van der Waals surface area contributed by atoms with E-state index in [1.54, 1.807) is 34.1 Å². The minimum atomic E-state index is -4.98. The smallest absolute Gasteiger partial charge is 0.453 e. The molecule has 1 saturated carbocycles. The number of halogens is 3. The van der Waals surface area contributed by atoms with Gasteiger partial charge >= 0.3 is 18.5 Å². The molecule has 308 valence electrons. The lowest BCUT2D eigenvalue weighted by Gasteiger charge is -2.42. The average molecular weight is 805 g/mol. The molecule has 17 heteroatoms. The number of carbonyl (C=O) groups excluding carboxylic acids is 4. The number of likely N-dealkylation sites (tertiary alicyclic amines) is 2. The Bertz CT molecular complexity index is 2210. The largest absolute Gasteiger partial charge is 0.573 e. The van der Waals surface area contributed by atoms with E-state index in [0.29, 0.717) is 62.1 Å². The summed E-state index contributed by atoms with van der Waals surface area (Å²) in [6, 6.07) is 12.8. The summed E-state index contributed by atoms with van der Waals surface area (Å²) in [5, 5.41) is 6.69. The van der Waals surface area contributed by atoms with E-state index in [1.165, 1.54) is 19.2 Å². The van der Waals surface area contributed by atoms with Gasteiger partial charge in [-0.05, 0) is 73.2 Å². The first-order valence-electron chi connectivity index (χ1n) is 19.9. The molecule has 3 saturated heterocycles. The number of H-pyrrole nitrogens is 1. The van der Waals surface area contributed by atoms with E-state index in [4.69, 9.17) is 4.98 Å². The fraction of sp³-hybridized carbons (Fsp3) is 0.488. The summed E-state index contributed by atoms with van der Waals surface area (Å²) in [5.74, 6) is 0.592. The van der Waals surface area contributed by atoms with Crippen molar-refractivity contribution in [1.82, 2.24) is 34.9 Å². The summed E-state index contributed by atoms with van der Waals surface area (Å²) in [4.78, 5) is 66.3. The van der Waals surface area contributed by atoms with Crippen LogP contribution in [-0.4, -0.2) is 125 Å². The first-order chi connectivity index (χ1) is 27.8. The van der Waals surface area contributed by atoms with Gasteiger partial charge in [0.2, 0.25) is 11.8 Å². The number of benzene rings is 3. The number of rotatable bonds is 8. The molecular weight excluding hydrogens is 757 g/mol. The van der Waals surface area contributed by atoms with Crippen LogP contribution in [0, 0.1) is 11.8 Å². The van der Waals surface area contributed by atoms with Gasteiger partial charge in [0.15, 0.2) is 0 Å². The number of imidazole rings is 1. The number of carbonyl (C=O) groups is 4. The maximum absolute atomic E-state index is 13.8. The lowest BCUT2D eigenvalue weighted by Crippen LogP contribution is -2.55. The van der Waals surface area contributed by atoms with E-state index >= 15 is 0 Å². The van der Waals surface area contributed by atoms with Crippen molar-refractivity contribution in [1.29, 1.82) is 0 Å². The SMILES string of the molecule is COC(=O)NCC(=O)N1C[C@@H](C)C[C@H]1c1nc2c(ccc3cc(-c4ccc(NC(=O)N5CCN(C6CCN(C(=O)C7CC7)CC6)CC5)cc4OC(F)(F)F)ccc32)[nH]1. The number of fused-ring (bicyclic) bond motifs is 3. The number of methoxy groups -OCH3 is 1. The summed E-state index contributed by atoms with van der Waals surface area (Å²) >= 11 is 0. The minimum absolute atomic E-state index is 0.171. The zero-order valence-electron chi connectivity index (χ0n) is 32.4. The highest BCUT2D eigenvalue weighted by Crippen LogP contribution is 2.40. The molecule has 14 nitrogen and oxygen atoms in total. The third-order valence-corrected chi connectivity index (χ3v) is 11.8. The van der Waals surface area contributed by atoms with Gasteiger partial charge in [0, 0.05) is 80.5 Å². The highest BCUT2D eigenvalue weighted by Gasteiger charge is 2.38. The van der Waals surface area contributed by atoms with Crippen LogP contribution in [0.4, 0.5) is 28.4 Å². The molecule has 2 atom stereocenters. The van der Waals surface area contributed by atoms with Gasteiger partial charge in [0.1, 0.15) is 18.1 Å². The highest BCUT2D eigenvalue weighted by atomic mass is 19.4. The molecular formula is C41H47F3N8O6. The van der Waals surface area contributed by atoms with Crippen molar-refractivity contribution in [2.45, 2.75) is 57.5 Å². The summed E-state index contributed by atoms with van der Waals surface area (Å²) < 4.78 is 50.4. The fourth-order valence-electron chi connectivity index (χ4n) is 8.63. The van der Waals surface area contributed by atoms with Gasteiger partial charge in [-0.3, -0.25) is 14.5 Å². The number of anilines is 1. The first-order valence-corrected chi connectivity index (χ1v) is 19.9. The number of ether oxygens (including phenoxy) is 2. The molecule has 0 spiro atoms. The van der Waals surface area contributed by atoms with Crippen LogP contribution in [0.25, 0.3) is 32.9 Å². The summed E-state index contributed by atoms with van der Waals surface area (Å²) in [6.07, 6.45) is -1.18. The second-order valence-corrected chi connectivity index (χ2v) is 15.8. The molecule has 0 bridgehead atoms. The Labute approximate surface area is 333 Å². The number of piperazine rings is 1. The van der Waals surface area contributed by atoms with Crippen LogP contribution in [0.5, 0.6) is 5.75 Å². The van der Waals surface area contributed by atoms with Crippen LogP contribution < -0.4 is 15.4 Å². The van der Waals surface area contributed by atoms with Gasteiger partial charge < -0.3 is 39.8 Å². The normalized spacial score (nSPS) is 20.7. The average Bonchev–Trinajstić information content (AvgIpc) is 3.85. The third kappa shape index (κ3) is 8.49. The number of aromatic amines is 1. The quantitative estimate of drug-likeness (QED) is 0.193. The van der Waals surface area contributed by atoms with Crippen LogP contribution in [-0.2, 0) is 14.3 Å². The number of amides is 5. The Morgan fingerprint density at radius 1 is 0.914 bits per heavy atom. The van der Waals surface area contributed by atoms with Crippen molar-refractivity contribution in [2.24, 2.45) is 11.8 Å².